The van der Waals surface area contributed by atoms with Gasteiger partial charge in [0, 0.05) is 21.3 Å². The number of furan rings is 1. The highest BCUT2D eigenvalue weighted by molar-refractivity contribution is 6.35. The van der Waals surface area contributed by atoms with Crippen LogP contribution in [0, 0.1) is 11.8 Å². The molecule has 0 saturated carbocycles. The number of hydrazine groups is 1. The van der Waals surface area contributed by atoms with Gasteiger partial charge in [0.15, 0.2) is 11.5 Å². The molecule has 0 atom stereocenters. The number of carbonyl (C=O) groups is 2. The summed E-state index contributed by atoms with van der Waals surface area (Å²) in [5, 5.41) is 3.22. The number of urea groups is 1. The molecule has 0 aliphatic heterocycles. The zero-order chi connectivity index (χ0) is 19.9. The quantitative estimate of drug-likeness (QED) is 0.428. The Morgan fingerprint density at radius 1 is 0.857 bits per heavy atom. The Balaban J connectivity index is 1.54. The van der Waals surface area contributed by atoms with Gasteiger partial charge in [-0.25, -0.2) is 10.2 Å². The van der Waals surface area contributed by atoms with E-state index in [1.165, 1.54) is 24.3 Å². The van der Waals surface area contributed by atoms with E-state index in [0.717, 1.165) is 5.56 Å². The van der Waals surface area contributed by atoms with E-state index >= 15 is 0 Å². The maximum Gasteiger partial charge on any atom is 0.337 e. The molecule has 140 valence electrons. The summed E-state index contributed by atoms with van der Waals surface area (Å²) in [6.07, 6.45) is 0. The van der Waals surface area contributed by atoms with Crippen molar-refractivity contribution in [3.63, 3.8) is 0 Å². The third-order valence-corrected chi connectivity index (χ3v) is 3.78. The van der Waals surface area contributed by atoms with Crippen molar-refractivity contribution in [3.8, 4) is 11.8 Å². The first kappa shape index (κ1) is 19.4. The highest BCUT2D eigenvalue weighted by Crippen LogP contribution is 2.22. The van der Waals surface area contributed by atoms with Crippen molar-refractivity contribution >= 4 is 40.8 Å². The predicted molar refractivity (Wildman–Crippen MR) is 107 cm³/mol. The molecule has 6 nitrogen and oxygen atoms in total. The van der Waals surface area contributed by atoms with Gasteiger partial charge in [0.05, 0.1) is 0 Å². The average molecular weight is 414 g/mol. The second-order valence-electron chi connectivity index (χ2n) is 5.47. The summed E-state index contributed by atoms with van der Waals surface area (Å²) in [6.45, 7) is 0. The molecule has 3 aromatic rings. The molecule has 0 unspecified atom stereocenters. The molecule has 2 aromatic carbocycles. The Labute approximate surface area is 170 Å². The van der Waals surface area contributed by atoms with Crippen LogP contribution in [0.25, 0.3) is 0 Å². The van der Waals surface area contributed by atoms with E-state index in [9.17, 15) is 9.59 Å². The predicted octanol–water partition coefficient (Wildman–Crippen LogP) is 4.45. The Morgan fingerprint density at radius 3 is 2.29 bits per heavy atom. The van der Waals surface area contributed by atoms with Crippen LogP contribution in [0.3, 0.4) is 0 Å². The molecule has 0 spiro atoms. The molecule has 8 heteroatoms. The molecule has 0 fully saturated rings. The molecule has 0 saturated heterocycles. The van der Waals surface area contributed by atoms with Gasteiger partial charge in [-0.15, -0.1) is 0 Å². The summed E-state index contributed by atoms with van der Waals surface area (Å²) < 4.78 is 5.36. The van der Waals surface area contributed by atoms with Gasteiger partial charge in [0.25, 0.3) is 0 Å². The first-order valence-electron chi connectivity index (χ1n) is 8.00. The maximum atomic E-state index is 12.1. The van der Waals surface area contributed by atoms with Gasteiger partial charge in [-0.05, 0) is 48.4 Å². The van der Waals surface area contributed by atoms with Gasteiger partial charge in [0.1, 0.15) is 0 Å². The molecule has 3 rings (SSSR count). The molecule has 0 radical (unpaired) electrons. The van der Waals surface area contributed by atoms with Gasteiger partial charge in [-0.2, -0.15) is 0 Å². The summed E-state index contributed by atoms with van der Waals surface area (Å²) in [5.41, 5.74) is 5.63. The van der Waals surface area contributed by atoms with Crippen molar-refractivity contribution in [1.82, 2.24) is 10.9 Å². The summed E-state index contributed by atoms with van der Waals surface area (Å²) in [4.78, 5) is 23.9. The number of nitrogens with one attached hydrogen (secondary N) is 3. The number of halogens is 2. The van der Waals surface area contributed by atoms with E-state index in [1.54, 1.807) is 6.07 Å². The molecule has 0 aliphatic carbocycles. The molecule has 3 amide bonds. The first-order chi connectivity index (χ1) is 13.5. The van der Waals surface area contributed by atoms with E-state index in [0.29, 0.717) is 21.5 Å². The van der Waals surface area contributed by atoms with Gasteiger partial charge >= 0.3 is 11.9 Å². The molecule has 0 aliphatic rings. The number of benzene rings is 2. The van der Waals surface area contributed by atoms with Crippen LogP contribution in [-0.2, 0) is 0 Å². The van der Waals surface area contributed by atoms with Crippen molar-refractivity contribution in [1.29, 1.82) is 0 Å². The second-order valence-corrected chi connectivity index (χ2v) is 6.34. The molecular formula is C20H13Cl2N3O3. The summed E-state index contributed by atoms with van der Waals surface area (Å²) in [5.74, 6) is 5.44. The Hall–Kier alpha value is -3.40. The lowest BCUT2D eigenvalue weighted by molar-refractivity contribution is 0.0909. The third-order valence-electron chi connectivity index (χ3n) is 3.34. The largest absolute Gasteiger partial charge is 0.443 e. The minimum absolute atomic E-state index is 0.00321. The van der Waals surface area contributed by atoms with Gasteiger partial charge in [-0.1, -0.05) is 47.3 Å². The summed E-state index contributed by atoms with van der Waals surface area (Å²) >= 11 is 11.7. The topological polar surface area (TPSA) is 83.4 Å². The molecule has 0 bridgehead atoms. The molecule has 3 N–H and O–H groups in total. The lowest BCUT2D eigenvalue weighted by Gasteiger charge is -2.08. The Kier molecular flexibility index (Phi) is 6.22. The summed E-state index contributed by atoms with van der Waals surface area (Å²) in [7, 11) is 0. The molecular weight excluding hydrogens is 401 g/mol. The van der Waals surface area contributed by atoms with Gasteiger partial charge < -0.3 is 9.73 Å². The van der Waals surface area contributed by atoms with E-state index in [1.807, 2.05) is 30.3 Å². The Bertz CT molecular complexity index is 1050. The number of carbonyl (C=O) groups excluding carboxylic acids is 2. The molecule has 28 heavy (non-hydrogen) atoms. The van der Waals surface area contributed by atoms with Crippen LogP contribution in [0.15, 0.2) is 65.1 Å². The minimum Gasteiger partial charge on any atom is -0.443 e. The normalized spacial score (nSPS) is 9.79. The number of anilines is 1. The zero-order valence-electron chi connectivity index (χ0n) is 14.3. The average Bonchev–Trinajstić information content (AvgIpc) is 3.13. The van der Waals surface area contributed by atoms with Crippen LogP contribution in [0.1, 0.15) is 21.9 Å². The number of hydrogen-bond donors (Lipinski definition) is 3. The SMILES string of the molecule is O=C(NNC(=O)c1ccc(C#Cc2ccccc2)o1)Nc1cc(Cl)cc(Cl)c1. The van der Waals surface area contributed by atoms with Crippen molar-refractivity contribution in [3.05, 3.63) is 87.8 Å². The van der Waals surface area contributed by atoms with Crippen molar-refractivity contribution in [2.24, 2.45) is 0 Å². The Morgan fingerprint density at radius 2 is 1.57 bits per heavy atom. The monoisotopic (exact) mass is 413 g/mol. The van der Waals surface area contributed by atoms with Crippen LogP contribution in [0.5, 0.6) is 0 Å². The maximum absolute atomic E-state index is 12.1. The van der Waals surface area contributed by atoms with Crippen LogP contribution in [0.4, 0.5) is 10.5 Å². The fraction of sp³-hybridized carbons (Fsp3) is 0. The second kappa shape index (κ2) is 9.00. The highest BCUT2D eigenvalue weighted by atomic mass is 35.5. The van der Waals surface area contributed by atoms with Gasteiger partial charge in [-0.3, -0.25) is 10.2 Å². The van der Waals surface area contributed by atoms with Crippen molar-refractivity contribution in [2.45, 2.75) is 0 Å². The van der Waals surface area contributed by atoms with Crippen LogP contribution in [-0.4, -0.2) is 11.9 Å². The van der Waals surface area contributed by atoms with E-state index < -0.39 is 11.9 Å². The lowest BCUT2D eigenvalue weighted by Crippen LogP contribution is -2.43. The van der Waals surface area contributed by atoms with Crippen LogP contribution >= 0.6 is 23.2 Å². The fourth-order valence-electron chi connectivity index (χ4n) is 2.15. The zero-order valence-corrected chi connectivity index (χ0v) is 15.8. The fourth-order valence-corrected chi connectivity index (χ4v) is 2.67. The lowest BCUT2D eigenvalue weighted by atomic mass is 10.2. The van der Waals surface area contributed by atoms with E-state index in [2.05, 4.69) is 28.0 Å². The van der Waals surface area contributed by atoms with Crippen LogP contribution < -0.4 is 16.2 Å². The van der Waals surface area contributed by atoms with Crippen LogP contribution in [0.2, 0.25) is 10.0 Å². The standard InChI is InChI=1S/C20H13Cl2N3O3/c21-14-10-15(22)12-16(11-14)23-20(27)25-24-19(26)18-9-8-17(28-18)7-6-13-4-2-1-3-5-13/h1-5,8-12H,(H,24,26)(H2,23,25,27). The molecule has 1 heterocycles. The highest BCUT2D eigenvalue weighted by Gasteiger charge is 2.12. The number of amides is 3. The minimum atomic E-state index is -0.678. The van der Waals surface area contributed by atoms with E-state index in [-0.39, 0.29) is 5.76 Å². The summed E-state index contributed by atoms with van der Waals surface area (Å²) in [6, 6.07) is 16.3. The first-order valence-corrected chi connectivity index (χ1v) is 8.75. The van der Waals surface area contributed by atoms with E-state index in [4.69, 9.17) is 27.6 Å². The third kappa shape index (κ3) is 5.55. The number of hydrogen-bond acceptors (Lipinski definition) is 3. The van der Waals surface area contributed by atoms with Gasteiger partial charge in [0.2, 0.25) is 0 Å². The van der Waals surface area contributed by atoms with Crippen molar-refractivity contribution in [2.75, 3.05) is 5.32 Å². The smallest absolute Gasteiger partial charge is 0.337 e. The number of rotatable bonds is 2. The molecule has 1 aromatic heterocycles. The van der Waals surface area contributed by atoms with Crippen molar-refractivity contribution < 1.29 is 14.0 Å².